The third kappa shape index (κ3) is 4.84. The highest BCUT2D eigenvalue weighted by Crippen LogP contribution is 2.06. The number of alkyl halides is 1. The van der Waals surface area contributed by atoms with Gasteiger partial charge in [0.25, 0.3) is 0 Å². The van der Waals surface area contributed by atoms with Crippen LogP contribution in [0.2, 0.25) is 0 Å². The Labute approximate surface area is 98.0 Å². The molecule has 13 heavy (non-hydrogen) atoms. The van der Waals surface area contributed by atoms with Gasteiger partial charge in [0.1, 0.15) is 0 Å². The Morgan fingerprint density at radius 2 is 2.00 bits per heavy atom. The molecule has 0 aromatic heterocycles. The first-order chi connectivity index (χ1) is 6.18. The molecule has 0 spiro atoms. The summed E-state index contributed by atoms with van der Waals surface area (Å²) >= 11 is 8.11. The quantitative estimate of drug-likeness (QED) is 0.666. The zero-order valence-electron chi connectivity index (χ0n) is 7.56. The molecule has 1 nitrogen and oxygen atoms in total. The average Bonchev–Trinajstić information content (AvgIpc) is 2.08. The van der Waals surface area contributed by atoms with Crippen LogP contribution in [0.3, 0.4) is 0 Å². The van der Waals surface area contributed by atoms with Gasteiger partial charge in [-0.2, -0.15) is 0 Å². The van der Waals surface area contributed by atoms with Gasteiger partial charge in [-0.25, -0.2) is 0 Å². The lowest BCUT2D eigenvalue weighted by Crippen LogP contribution is -2.20. The number of halogens is 2. The summed E-state index contributed by atoms with van der Waals surface area (Å²) in [5.74, 6) is 0. The molecule has 0 heterocycles. The van der Waals surface area contributed by atoms with E-state index in [0.29, 0.717) is 0 Å². The van der Waals surface area contributed by atoms with Crippen LogP contribution in [0, 0.1) is 3.57 Å². The van der Waals surface area contributed by atoms with Crippen molar-refractivity contribution in [2.24, 2.45) is 0 Å². The summed E-state index contributed by atoms with van der Waals surface area (Å²) in [6.45, 7) is 3.74. The Bertz CT molecular complexity index is 246. The third-order valence-corrected chi connectivity index (χ3v) is 2.54. The molecular formula is C10H13ClIN. The van der Waals surface area contributed by atoms with Crippen LogP contribution in [0.1, 0.15) is 12.5 Å². The van der Waals surface area contributed by atoms with E-state index in [2.05, 4.69) is 52.2 Å². The lowest BCUT2D eigenvalue weighted by atomic mass is 10.2. The second-order valence-corrected chi connectivity index (χ2v) is 5.03. The fourth-order valence-corrected chi connectivity index (χ4v) is 1.49. The molecule has 72 valence electrons. The van der Waals surface area contributed by atoms with E-state index < -0.39 is 0 Å². The predicted molar refractivity (Wildman–Crippen MR) is 66.2 cm³/mol. The fourth-order valence-electron chi connectivity index (χ4n) is 1.02. The van der Waals surface area contributed by atoms with Crippen LogP contribution in [-0.2, 0) is 6.54 Å². The van der Waals surface area contributed by atoms with E-state index in [1.165, 1.54) is 9.13 Å². The highest BCUT2D eigenvalue weighted by atomic mass is 127. The van der Waals surface area contributed by atoms with Crippen LogP contribution in [0.5, 0.6) is 0 Å². The minimum absolute atomic E-state index is 0.198. The molecule has 1 rings (SSSR count). The Morgan fingerprint density at radius 3 is 2.54 bits per heavy atom. The lowest BCUT2D eigenvalue weighted by Gasteiger charge is -2.05. The molecule has 0 fully saturated rings. The summed E-state index contributed by atoms with van der Waals surface area (Å²) in [6.07, 6.45) is 0. The van der Waals surface area contributed by atoms with Crippen LogP contribution in [0.4, 0.5) is 0 Å². The van der Waals surface area contributed by atoms with Gasteiger partial charge in [0.05, 0.1) is 0 Å². The standard InChI is InChI=1S/C10H13ClIN/c1-8(11)6-13-7-9-2-4-10(12)5-3-9/h2-5,8,13H,6-7H2,1H3. The van der Waals surface area contributed by atoms with Gasteiger partial charge in [-0.1, -0.05) is 12.1 Å². The van der Waals surface area contributed by atoms with E-state index in [-0.39, 0.29) is 5.38 Å². The summed E-state index contributed by atoms with van der Waals surface area (Å²) in [5.41, 5.74) is 1.30. The van der Waals surface area contributed by atoms with Gasteiger partial charge in [0.2, 0.25) is 0 Å². The molecule has 1 unspecified atom stereocenters. The Balaban J connectivity index is 2.33. The molecule has 3 heteroatoms. The molecule has 0 aliphatic heterocycles. The maximum absolute atomic E-state index is 5.81. The second kappa shape index (κ2) is 5.83. The zero-order valence-corrected chi connectivity index (χ0v) is 10.5. The lowest BCUT2D eigenvalue weighted by molar-refractivity contribution is 0.680. The first-order valence-corrected chi connectivity index (χ1v) is 5.79. The Kier molecular flexibility index (Phi) is 5.06. The van der Waals surface area contributed by atoms with E-state index in [4.69, 9.17) is 11.6 Å². The highest BCUT2D eigenvalue weighted by Gasteiger charge is 1.95. The van der Waals surface area contributed by atoms with Crippen LogP contribution in [0.15, 0.2) is 24.3 Å². The van der Waals surface area contributed by atoms with Crippen molar-refractivity contribution in [3.05, 3.63) is 33.4 Å². The molecule has 0 aliphatic carbocycles. The van der Waals surface area contributed by atoms with Crippen molar-refractivity contribution in [2.75, 3.05) is 6.54 Å². The van der Waals surface area contributed by atoms with Crippen LogP contribution >= 0.6 is 34.2 Å². The SMILES string of the molecule is CC(Cl)CNCc1ccc(I)cc1. The fraction of sp³-hybridized carbons (Fsp3) is 0.400. The van der Waals surface area contributed by atoms with E-state index in [1.807, 2.05) is 6.92 Å². The molecule has 0 saturated carbocycles. The number of nitrogens with one attached hydrogen (secondary N) is 1. The van der Waals surface area contributed by atoms with Gasteiger partial charge in [-0.3, -0.25) is 0 Å². The highest BCUT2D eigenvalue weighted by molar-refractivity contribution is 14.1. The van der Waals surface area contributed by atoms with Crippen molar-refractivity contribution in [1.29, 1.82) is 0 Å². The number of rotatable bonds is 4. The van der Waals surface area contributed by atoms with Gasteiger partial charge >= 0.3 is 0 Å². The van der Waals surface area contributed by atoms with Gasteiger partial charge in [-0.15, -0.1) is 11.6 Å². The monoisotopic (exact) mass is 309 g/mol. The Morgan fingerprint density at radius 1 is 1.38 bits per heavy atom. The number of benzene rings is 1. The summed E-state index contributed by atoms with van der Waals surface area (Å²) in [7, 11) is 0. The van der Waals surface area contributed by atoms with Gasteiger partial charge in [-0.05, 0) is 47.2 Å². The van der Waals surface area contributed by atoms with Crippen molar-refractivity contribution in [2.45, 2.75) is 18.8 Å². The van der Waals surface area contributed by atoms with Crippen molar-refractivity contribution < 1.29 is 0 Å². The molecule has 0 bridgehead atoms. The summed E-state index contributed by atoms with van der Waals surface area (Å²) in [5, 5.41) is 3.48. The largest absolute Gasteiger partial charge is 0.311 e. The maximum Gasteiger partial charge on any atom is 0.0432 e. The first kappa shape index (κ1) is 11.3. The molecule has 1 aromatic rings. The molecule has 0 saturated heterocycles. The van der Waals surface area contributed by atoms with Crippen molar-refractivity contribution in [1.82, 2.24) is 5.32 Å². The summed E-state index contributed by atoms with van der Waals surface area (Å²) in [6, 6.07) is 8.49. The van der Waals surface area contributed by atoms with Gasteiger partial charge in [0, 0.05) is 22.0 Å². The molecule has 0 radical (unpaired) electrons. The second-order valence-electron chi connectivity index (χ2n) is 3.04. The van der Waals surface area contributed by atoms with E-state index >= 15 is 0 Å². The molecular weight excluding hydrogens is 296 g/mol. The minimum atomic E-state index is 0.198. The van der Waals surface area contributed by atoms with Crippen LogP contribution in [-0.4, -0.2) is 11.9 Å². The van der Waals surface area contributed by atoms with Gasteiger partial charge in [0.15, 0.2) is 0 Å². The summed E-state index contributed by atoms with van der Waals surface area (Å²) < 4.78 is 1.27. The van der Waals surface area contributed by atoms with E-state index in [9.17, 15) is 0 Å². The molecule has 0 amide bonds. The zero-order chi connectivity index (χ0) is 9.68. The van der Waals surface area contributed by atoms with Crippen LogP contribution < -0.4 is 5.32 Å². The smallest absolute Gasteiger partial charge is 0.0432 e. The van der Waals surface area contributed by atoms with Crippen molar-refractivity contribution >= 4 is 34.2 Å². The number of hydrogen-bond acceptors (Lipinski definition) is 1. The topological polar surface area (TPSA) is 12.0 Å². The van der Waals surface area contributed by atoms with E-state index in [0.717, 1.165) is 13.1 Å². The molecule has 0 aliphatic rings. The summed E-state index contributed by atoms with van der Waals surface area (Å²) in [4.78, 5) is 0. The minimum Gasteiger partial charge on any atom is -0.311 e. The first-order valence-electron chi connectivity index (χ1n) is 4.27. The van der Waals surface area contributed by atoms with Crippen molar-refractivity contribution in [3.8, 4) is 0 Å². The Hall–Kier alpha value is 0.200. The van der Waals surface area contributed by atoms with E-state index in [1.54, 1.807) is 0 Å². The average molecular weight is 310 g/mol. The predicted octanol–water partition coefficient (Wildman–Crippen LogP) is 3.01. The molecule has 1 atom stereocenters. The third-order valence-electron chi connectivity index (χ3n) is 1.67. The maximum atomic E-state index is 5.81. The number of hydrogen-bond donors (Lipinski definition) is 1. The molecule has 1 N–H and O–H groups in total. The van der Waals surface area contributed by atoms with Crippen LogP contribution in [0.25, 0.3) is 0 Å². The van der Waals surface area contributed by atoms with Crippen molar-refractivity contribution in [3.63, 3.8) is 0 Å². The van der Waals surface area contributed by atoms with Gasteiger partial charge < -0.3 is 5.32 Å². The normalized spacial score (nSPS) is 12.8. The molecule has 1 aromatic carbocycles.